The Balaban J connectivity index is 1.67. The maximum atomic E-state index is 12.8. The number of rotatable bonds is 5. The zero-order valence-corrected chi connectivity index (χ0v) is 15.3. The number of anilines is 1. The number of carbonyl (C=O) groups is 1. The molecule has 1 atom stereocenters. The van der Waals surface area contributed by atoms with E-state index in [1.165, 1.54) is 0 Å². The molecule has 0 aliphatic carbocycles. The van der Waals surface area contributed by atoms with Crippen LogP contribution in [0.25, 0.3) is 5.57 Å². The van der Waals surface area contributed by atoms with Crippen molar-refractivity contribution < 1.29 is 9.53 Å². The summed E-state index contributed by atoms with van der Waals surface area (Å²) in [4.78, 5) is 14.5. The van der Waals surface area contributed by atoms with Gasteiger partial charge in [0.05, 0.1) is 6.61 Å². The van der Waals surface area contributed by atoms with Crippen molar-refractivity contribution in [3.63, 3.8) is 0 Å². The largest absolute Gasteiger partial charge is 0.349 e. The highest BCUT2D eigenvalue weighted by molar-refractivity contribution is 6.30. The first-order valence-electron chi connectivity index (χ1n) is 8.74. The minimum atomic E-state index is -0.499. The number of ether oxygens (including phenoxy) is 1. The second-order valence-electron chi connectivity index (χ2n) is 6.30. The molecule has 0 radical (unpaired) electrons. The maximum Gasteiger partial charge on any atom is 0.253 e. The number of hydrogen-bond acceptors (Lipinski definition) is 2. The Labute approximate surface area is 163 Å². The summed E-state index contributed by atoms with van der Waals surface area (Å²) in [5.41, 5.74) is 3.64. The molecule has 0 saturated carbocycles. The fourth-order valence-electron chi connectivity index (χ4n) is 3.16. The summed E-state index contributed by atoms with van der Waals surface area (Å²) >= 11 is 6.01. The molecule has 3 nitrogen and oxygen atoms in total. The van der Waals surface area contributed by atoms with Crippen LogP contribution in [0, 0.1) is 0 Å². The summed E-state index contributed by atoms with van der Waals surface area (Å²) in [6.07, 6.45) is 1.15. The van der Waals surface area contributed by atoms with E-state index >= 15 is 0 Å². The topological polar surface area (TPSA) is 29.5 Å². The van der Waals surface area contributed by atoms with Crippen LogP contribution in [0.2, 0.25) is 5.02 Å². The van der Waals surface area contributed by atoms with E-state index in [9.17, 15) is 4.79 Å². The van der Waals surface area contributed by atoms with Gasteiger partial charge in [0.1, 0.15) is 0 Å². The highest BCUT2D eigenvalue weighted by Gasteiger charge is 2.35. The molecule has 4 rings (SSSR count). The summed E-state index contributed by atoms with van der Waals surface area (Å²) in [7, 11) is 0. The normalized spacial score (nSPS) is 16.5. The molecule has 4 heteroatoms. The third kappa shape index (κ3) is 3.80. The zero-order chi connectivity index (χ0) is 18.6. The minimum absolute atomic E-state index is 0.103. The van der Waals surface area contributed by atoms with Crippen molar-refractivity contribution >= 4 is 28.8 Å². The van der Waals surface area contributed by atoms with Crippen molar-refractivity contribution in [3.05, 3.63) is 107 Å². The molecule has 0 bridgehead atoms. The summed E-state index contributed by atoms with van der Waals surface area (Å²) in [5, 5.41) is 0.628. The molecule has 1 amide bonds. The van der Waals surface area contributed by atoms with E-state index in [-0.39, 0.29) is 5.91 Å². The van der Waals surface area contributed by atoms with Crippen LogP contribution in [-0.4, -0.2) is 12.1 Å². The van der Waals surface area contributed by atoms with Gasteiger partial charge in [-0.3, -0.25) is 9.69 Å². The van der Waals surface area contributed by atoms with Gasteiger partial charge < -0.3 is 4.74 Å². The van der Waals surface area contributed by atoms with Gasteiger partial charge in [-0.05, 0) is 35.4 Å². The lowest BCUT2D eigenvalue weighted by Gasteiger charge is -2.27. The Morgan fingerprint density at radius 1 is 0.852 bits per heavy atom. The molecule has 1 heterocycles. The second-order valence-corrected chi connectivity index (χ2v) is 6.74. The first-order valence-corrected chi connectivity index (χ1v) is 9.11. The molecular formula is C23H18ClNO2. The molecule has 0 spiro atoms. The first kappa shape index (κ1) is 17.5. The van der Waals surface area contributed by atoms with Crippen LogP contribution < -0.4 is 4.90 Å². The molecular weight excluding hydrogens is 358 g/mol. The molecule has 3 aromatic carbocycles. The van der Waals surface area contributed by atoms with Crippen molar-refractivity contribution in [2.45, 2.75) is 12.8 Å². The monoisotopic (exact) mass is 375 g/mol. The fourth-order valence-corrected chi connectivity index (χ4v) is 3.29. The van der Waals surface area contributed by atoms with Crippen LogP contribution >= 0.6 is 11.6 Å². The Morgan fingerprint density at radius 2 is 1.48 bits per heavy atom. The standard InChI is InChI=1S/C23H18ClNO2/c24-19-11-13-20(14-12-19)25-22(26)15-21(18-9-5-2-6-10-18)23(25)27-16-17-7-3-1-4-8-17/h1-15,23H,16H2. The van der Waals surface area contributed by atoms with Gasteiger partial charge in [-0.25, -0.2) is 0 Å². The summed E-state index contributed by atoms with van der Waals surface area (Å²) < 4.78 is 6.23. The van der Waals surface area contributed by atoms with Crippen LogP contribution in [0.5, 0.6) is 0 Å². The van der Waals surface area contributed by atoms with Gasteiger partial charge in [0, 0.05) is 22.4 Å². The van der Waals surface area contributed by atoms with Gasteiger partial charge in [0.2, 0.25) is 0 Å². The Hall–Kier alpha value is -2.88. The molecule has 1 unspecified atom stereocenters. The molecule has 0 fully saturated rings. The van der Waals surface area contributed by atoms with Crippen molar-refractivity contribution in [2.24, 2.45) is 0 Å². The van der Waals surface area contributed by atoms with E-state index in [2.05, 4.69) is 0 Å². The summed E-state index contributed by atoms with van der Waals surface area (Å²) in [6.45, 7) is 0.410. The number of hydrogen-bond donors (Lipinski definition) is 0. The Kier molecular flexibility index (Phi) is 5.05. The van der Waals surface area contributed by atoms with E-state index in [4.69, 9.17) is 16.3 Å². The lowest BCUT2D eigenvalue weighted by atomic mass is 10.1. The lowest BCUT2D eigenvalue weighted by molar-refractivity contribution is -0.115. The van der Waals surface area contributed by atoms with Gasteiger partial charge in [0.15, 0.2) is 6.23 Å². The number of nitrogens with zero attached hydrogens (tertiary/aromatic N) is 1. The van der Waals surface area contributed by atoms with Crippen LogP contribution in [0.3, 0.4) is 0 Å². The van der Waals surface area contributed by atoms with Crippen LogP contribution in [-0.2, 0) is 16.1 Å². The van der Waals surface area contributed by atoms with Gasteiger partial charge in [0.25, 0.3) is 5.91 Å². The molecule has 27 heavy (non-hydrogen) atoms. The van der Waals surface area contributed by atoms with Gasteiger partial charge in [-0.15, -0.1) is 0 Å². The van der Waals surface area contributed by atoms with E-state index < -0.39 is 6.23 Å². The SMILES string of the molecule is O=C1C=C(c2ccccc2)C(OCc2ccccc2)N1c1ccc(Cl)cc1. The maximum absolute atomic E-state index is 12.8. The van der Waals surface area contributed by atoms with E-state index in [1.54, 1.807) is 23.1 Å². The third-order valence-electron chi connectivity index (χ3n) is 4.48. The first-order chi connectivity index (χ1) is 13.2. The van der Waals surface area contributed by atoms with Crippen LogP contribution in [0.15, 0.2) is 91.0 Å². The fraction of sp³-hybridized carbons (Fsp3) is 0.0870. The van der Waals surface area contributed by atoms with Gasteiger partial charge in [-0.1, -0.05) is 72.3 Å². The van der Waals surface area contributed by atoms with Crippen molar-refractivity contribution in [1.29, 1.82) is 0 Å². The number of benzene rings is 3. The third-order valence-corrected chi connectivity index (χ3v) is 4.73. The molecule has 0 saturated heterocycles. The number of amides is 1. The lowest BCUT2D eigenvalue weighted by Crippen LogP contribution is -2.37. The minimum Gasteiger partial charge on any atom is -0.349 e. The highest BCUT2D eigenvalue weighted by atomic mass is 35.5. The average molecular weight is 376 g/mol. The quantitative estimate of drug-likeness (QED) is 0.604. The smallest absolute Gasteiger partial charge is 0.253 e. The molecule has 134 valence electrons. The van der Waals surface area contributed by atoms with Gasteiger partial charge >= 0.3 is 0 Å². The highest BCUT2D eigenvalue weighted by Crippen LogP contribution is 2.34. The Morgan fingerprint density at radius 3 is 2.15 bits per heavy atom. The van der Waals surface area contributed by atoms with Crippen molar-refractivity contribution in [2.75, 3.05) is 4.90 Å². The summed E-state index contributed by atoms with van der Waals surface area (Å²) in [5.74, 6) is -0.103. The zero-order valence-electron chi connectivity index (χ0n) is 14.6. The van der Waals surface area contributed by atoms with Crippen LogP contribution in [0.1, 0.15) is 11.1 Å². The average Bonchev–Trinajstić information content (AvgIpc) is 3.05. The van der Waals surface area contributed by atoms with E-state index in [1.807, 2.05) is 72.8 Å². The van der Waals surface area contributed by atoms with Crippen molar-refractivity contribution in [3.8, 4) is 0 Å². The second kappa shape index (κ2) is 7.78. The predicted molar refractivity (Wildman–Crippen MR) is 108 cm³/mol. The molecule has 1 aliphatic rings. The van der Waals surface area contributed by atoms with E-state index in [0.717, 1.165) is 22.4 Å². The molecule has 3 aromatic rings. The molecule has 0 N–H and O–H groups in total. The Bertz CT molecular complexity index is 953. The van der Waals surface area contributed by atoms with Gasteiger partial charge in [-0.2, -0.15) is 0 Å². The van der Waals surface area contributed by atoms with Crippen molar-refractivity contribution in [1.82, 2.24) is 0 Å². The molecule has 1 aliphatic heterocycles. The summed E-state index contributed by atoms with van der Waals surface area (Å²) in [6, 6.07) is 27.0. The molecule has 0 aromatic heterocycles. The van der Waals surface area contributed by atoms with E-state index in [0.29, 0.717) is 11.6 Å². The van der Waals surface area contributed by atoms with Crippen LogP contribution in [0.4, 0.5) is 5.69 Å². The predicted octanol–water partition coefficient (Wildman–Crippen LogP) is 5.31. The number of carbonyl (C=O) groups excluding carboxylic acids is 1. The number of halogens is 1.